The maximum Gasteiger partial charge on any atom is 0.129 e. The molecule has 0 aliphatic carbocycles. The molecule has 12 heavy (non-hydrogen) atoms. The number of phenolic OH excluding ortho intramolecular Hbond substituents is 2. The van der Waals surface area contributed by atoms with Crippen LogP contribution in [0.1, 0.15) is 5.56 Å². The maximum atomic E-state index is 9.16. The first kappa shape index (κ1) is 8.67. The van der Waals surface area contributed by atoms with E-state index in [1.165, 1.54) is 6.07 Å². The summed E-state index contributed by atoms with van der Waals surface area (Å²) in [5, 5.41) is 29.1. The quantitative estimate of drug-likeness (QED) is 0.355. The molecule has 5 heteroatoms. The van der Waals surface area contributed by atoms with E-state index >= 15 is 0 Å². The highest BCUT2D eigenvalue weighted by Crippen LogP contribution is 2.28. The minimum Gasteiger partial charge on any atom is -0.508 e. The number of rotatable bonds is 1. The molecule has 0 radical (unpaired) electrons. The Bertz CT molecular complexity index is 301. The molecule has 1 aromatic carbocycles. The average molecular weight is 188 g/mol. The van der Waals surface area contributed by atoms with E-state index in [4.69, 9.17) is 27.0 Å². The number of aromatic hydroxyl groups is 2. The van der Waals surface area contributed by atoms with Gasteiger partial charge in [0.15, 0.2) is 0 Å². The van der Waals surface area contributed by atoms with Crippen LogP contribution in [0.25, 0.3) is 0 Å². The van der Waals surface area contributed by atoms with Crippen molar-refractivity contribution in [2.75, 3.05) is 0 Å². The lowest BCUT2D eigenvalue weighted by atomic mass is 10.2. The summed E-state index contributed by atoms with van der Waals surface area (Å²) < 4.78 is 0. The van der Waals surface area contributed by atoms with E-state index in [0.717, 1.165) is 12.3 Å². The van der Waals surface area contributed by atoms with Crippen LogP contribution in [0.4, 0.5) is 0 Å². The van der Waals surface area contributed by atoms with Crippen molar-refractivity contribution in [2.24, 2.45) is 5.16 Å². The predicted molar refractivity (Wildman–Crippen MR) is 44.2 cm³/mol. The molecule has 0 aliphatic heterocycles. The molecule has 0 bridgehead atoms. The second-order valence-corrected chi connectivity index (χ2v) is 2.51. The van der Waals surface area contributed by atoms with Gasteiger partial charge in [-0.05, 0) is 6.07 Å². The number of nitrogens with zero attached hydrogens (tertiary/aromatic N) is 1. The molecule has 0 spiro atoms. The number of hydrogen-bond donors (Lipinski definition) is 3. The van der Waals surface area contributed by atoms with Gasteiger partial charge in [-0.2, -0.15) is 0 Å². The van der Waals surface area contributed by atoms with Gasteiger partial charge < -0.3 is 15.4 Å². The molecule has 3 N–H and O–H groups in total. The van der Waals surface area contributed by atoms with E-state index in [0.29, 0.717) is 0 Å². The monoisotopic (exact) mass is 187 g/mol. The van der Waals surface area contributed by atoms with Crippen LogP contribution in [0.3, 0.4) is 0 Å². The third-order valence-corrected chi connectivity index (χ3v) is 1.59. The summed E-state index contributed by atoms with van der Waals surface area (Å²) >= 11 is 5.59. The van der Waals surface area contributed by atoms with Crippen molar-refractivity contribution >= 4 is 17.8 Å². The van der Waals surface area contributed by atoms with Gasteiger partial charge in [-0.3, -0.25) is 0 Å². The van der Waals surface area contributed by atoms with Crippen LogP contribution in [0.2, 0.25) is 5.02 Å². The Kier molecular flexibility index (Phi) is 2.40. The normalized spacial score (nSPS) is 10.8. The van der Waals surface area contributed by atoms with Gasteiger partial charge in [-0.25, -0.2) is 0 Å². The topological polar surface area (TPSA) is 73.1 Å². The summed E-state index contributed by atoms with van der Waals surface area (Å²) in [5.41, 5.74) is 0.164. The Labute approximate surface area is 73.3 Å². The van der Waals surface area contributed by atoms with Gasteiger partial charge in [0.25, 0.3) is 0 Å². The van der Waals surface area contributed by atoms with E-state index in [9.17, 15) is 0 Å². The SMILES string of the molecule is ON=Cc1c(O)cc(O)cc1Cl. The minimum atomic E-state index is -0.238. The van der Waals surface area contributed by atoms with Crippen LogP contribution in [0, 0.1) is 0 Å². The van der Waals surface area contributed by atoms with Crippen molar-refractivity contribution in [3.8, 4) is 11.5 Å². The van der Waals surface area contributed by atoms with E-state index in [-0.39, 0.29) is 22.1 Å². The lowest BCUT2D eigenvalue weighted by Crippen LogP contribution is -1.84. The first-order chi connectivity index (χ1) is 5.65. The predicted octanol–water partition coefficient (Wildman–Crippen LogP) is 1.56. The molecule has 0 fully saturated rings. The highest BCUT2D eigenvalue weighted by molar-refractivity contribution is 6.33. The molecule has 0 heterocycles. The van der Waals surface area contributed by atoms with Gasteiger partial charge in [0.05, 0.1) is 16.8 Å². The number of hydrogen-bond acceptors (Lipinski definition) is 4. The molecule has 1 rings (SSSR count). The molecule has 4 nitrogen and oxygen atoms in total. The van der Waals surface area contributed by atoms with Crippen molar-refractivity contribution in [1.29, 1.82) is 0 Å². The van der Waals surface area contributed by atoms with E-state index in [1.54, 1.807) is 0 Å². The van der Waals surface area contributed by atoms with E-state index in [2.05, 4.69) is 5.16 Å². The molecule has 0 aromatic heterocycles. The second-order valence-electron chi connectivity index (χ2n) is 2.10. The highest BCUT2D eigenvalue weighted by Gasteiger charge is 2.05. The molecule has 0 saturated carbocycles. The zero-order valence-electron chi connectivity index (χ0n) is 5.90. The Hall–Kier alpha value is -1.42. The lowest BCUT2D eigenvalue weighted by Gasteiger charge is -2.01. The molecule has 0 saturated heterocycles. The molecule has 0 aliphatic rings. The number of phenols is 2. The Balaban J connectivity index is 3.28. The summed E-state index contributed by atoms with van der Waals surface area (Å²) in [6, 6.07) is 2.33. The number of halogens is 1. The molecule has 0 amide bonds. The fraction of sp³-hybridized carbons (Fsp3) is 0. The third-order valence-electron chi connectivity index (χ3n) is 1.28. The smallest absolute Gasteiger partial charge is 0.129 e. The van der Waals surface area contributed by atoms with E-state index in [1.807, 2.05) is 0 Å². The fourth-order valence-corrected chi connectivity index (χ4v) is 1.03. The standard InChI is InChI=1S/C7H6ClNO3/c8-6-1-4(10)2-7(11)5(6)3-9-12/h1-3,10-12H. The zero-order valence-corrected chi connectivity index (χ0v) is 6.65. The van der Waals surface area contributed by atoms with Crippen LogP contribution in [-0.4, -0.2) is 21.6 Å². The lowest BCUT2D eigenvalue weighted by molar-refractivity contribution is 0.321. The number of oxime groups is 1. The first-order valence-corrected chi connectivity index (χ1v) is 3.42. The Morgan fingerprint density at radius 3 is 2.50 bits per heavy atom. The van der Waals surface area contributed by atoms with Gasteiger partial charge >= 0.3 is 0 Å². The Morgan fingerprint density at radius 2 is 2.00 bits per heavy atom. The third kappa shape index (κ3) is 1.60. The highest BCUT2D eigenvalue weighted by atomic mass is 35.5. The minimum absolute atomic E-state index is 0.116. The van der Waals surface area contributed by atoms with Crippen LogP contribution in [0.5, 0.6) is 11.5 Å². The van der Waals surface area contributed by atoms with Crippen molar-refractivity contribution < 1.29 is 15.4 Å². The Morgan fingerprint density at radius 1 is 1.33 bits per heavy atom. The molecular formula is C7H6ClNO3. The van der Waals surface area contributed by atoms with Gasteiger partial charge in [-0.1, -0.05) is 16.8 Å². The van der Waals surface area contributed by atoms with Crippen LogP contribution in [0.15, 0.2) is 17.3 Å². The largest absolute Gasteiger partial charge is 0.508 e. The van der Waals surface area contributed by atoms with Crippen molar-refractivity contribution in [1.82, 2.24) is 0 Å². The summed E-state index contributed by atoms with van der Waals surface area (Å²) in [6.45, 7) is 0. The average Bonchev–Trinajstić information content (AvgIpc) is 1.96. The van der Waals surface area contributed by atoms with Crippen LogP contribution >= 0.6 is 11.6 Å². The van der Waals surface area contributed by atoms with Gasteiger partial charge in [0, 0.05) is 6.07 Å². The van der Waals surface area contributed by atoms with Crippen molar-refractivity contribution in [3.05, 3.63) is 22.7 Å². The van der Waals surface area contributed by atoms with Crippen LogP contribution < -0.4 is 0 Å². The van der Waals surface area contributed by atoms with Crippen molar-refractivity contribution in [2.45, 2.75) is 0 Å². The number of benzene rings is 1. The molecule has 0 atom stereocenters. The zero-order chi connectivity index (χ0) is 9.14. The fourth-order valence-electron chi connectivity index (χ4n) is 0.775. The van der Waals surface area contributed by atoms with Crippen LogP contribution in [-0.2, 0) is 0 Å². The molecule has 0 unspecified atom stereocenters. The molecular weight excluding hydrogens is 182 g/mol. The molecule has 64 valence electrons. The van der Waals surface area contributed by atoms with Crippen molar-refractivity contribution in [3.63, 3.8) is 0 Å². The van der Waals surface area contributed by atoms with Gasteiger partial charge in [0.1, 0.15) is 11.5 Å². The molecule has 1 aromatic rings. The maximum absolute atomic E-state index is 9.16. The van der Waals surface area contributed by atoms with Gasteiger partial charge in [0.2, 0.25) is 0 Å². The van der Waals surface area contributed by atoms with Gasteiger partial charge in [-0.15, -0.1) is 0 Å². The van der Waals surface area contributed by atoms with E-state index < -0.39 is 0 Å². The summed E-state index contributed by atoms with van der Waals surface area (Å²) in [4.78, 5) is 0. The first-order valence-electron chi connectivity index (χ1n) is 3.04. The summed E-state index contributed by atoms with van der Waals surface area (Å²) in [6.07, 6.45) is 0.983. The summed E-state index contributed by atoms with van der Waals surface area (Å²) in [7, 11) is 0. The summed E-state index contributed by atoms with van der Waals surface area (Å²) in [5.74, 6) is -0.384. The second kappa shape index (κ2) is 3.32.